The molecule has 1 aromatic carbocycles. The van der Waals surface area contributed by atoms with Gasteiger partial charge >= 0.3 is 5.97 Å². The van der Waals surface area contributed by atoms with Crippen LogP contribution < -0.4 is 0 Å². The summed E-state index contributed by atoms with van der Waals surface area (Å²) in [4.78, 5) is 13.4. The zero-order chi connectivity index (χ0) is 14.0. The third kappa shape index (κ3) is 3.54. The van der Waals surface area contributed by atoms with E-state index in [1.54, 1.807) is 6.92 Å². The summed E-state index contributed by atoms with van der Waals surface area (Å²) in [5, 5.41) is 9.28. The molecule has 2 rings (SSSR count). The molecule has 1 heterocycles. The summed E-state index contributed by atoms with van der Waals surface area (Å²) in [6, 6.07) is 4.79. The van der Waals surface area contributed by atoms with Crippen molar-refractivity contribution >= 4 is 21.9 Å². The molecule has 0 radical (unpaired) electrons. The Kier molecular flexibility index (Phi) is 4.26. The zero-order valence-electron chi connectivity index (χ0n) is 10.8. The first-order valence-corrected chi connectivity index (χ1v) is 7.09. The van der Waals surface area contributed by atoms with Gasteiger partial charge in [-0.05, 0) is 50.1 Å². The number of likely N-dealkylation sites (tertiary alicyclic amines) is 1. The Morgan fingerprint density at radius 3 is 2.89 bits per heavy atom. The fourth-order valence-electron chi connectivity index (χ4n) is 2.61. The van der Waals surface area contributed by atoms with Gasteiger partial charge in [0.1, 0.15) is 5.82 Å². The smallest absolute Gasteiger partial charge is 0.310 e. The van der Waals surface area contributed by atoms with Crippen molar-refractivity contribution in [2.75, 3.05) is 13.1 Å². The first-order valence-electron chi connectivity index (χ1n) is 6.30. The molecule has 0 aromatic heterocycles. The minimum absolute atomic E-state index is 0.276. The van der Waals surface area contributed by atoms with Crippen molar-refractivity contribution in [3.05, 3.63) is 34.1 Å². The van der Waals surface area contributed by atoms with Crippen molar-refractivity contribution in [1.29, 1.82) is 0 Å². The largest absolute Gasteiger partial charge is 0.481 e. The number of carboxylic acid groups (broad SMARTS) is 1. The Bertz CT molecular complexity index is 474. The lowest BCUT2D eigenvalue weighted by Crippen LogP contribution is -2.45. The van der Waals surface area contributed by atoms with E-state index in [0.29, 0.717) is 24.0 Å². The van der Waals surface area contributed by atoms with Gasteiger partial charge < -0.3 is 5.11 Å². The number of piperidine rings is 1. The molecule has 1 fully saturated rings. The Hall–Kier alpha value is -0.940. The number of halogens is 2. The van der Waals surface area contributed by atoms with Crippen LogP contribution in [-0.4, -0.2) is 29.1 Å². The molecule has 0 amide bonds. The Labute approximate surface area is 120 Å². The average molecular weight is 330 g/mol. The molecule has 5 heteroatoms. The molecule has 1 aliphatic heterocycles. The second kappa shape index (κ2) is 5.59. The molecule has 1 unspecified atom stereocenters. The highest BCUT2D eigenvalue weighted by Gasteiger charge is 2.37. The number of carboxylic acids is 1. The number of carbonyl (C=O) groups is 1. The van der Waals surface area contributed by atoms with E-state index >= 15 is 0 Å². The molecule has 0 spiro atoms. The van der Waals surface area contributed by atoms with Crippen molar-refractivity contribution in [3.63, 3.8) is 0 Å². The van der Waals surface area contributed by atoms with Crippen molar-refractivity contribution in [2.24, 2.45) is 5.41 Å². The predicted molar refractivity (Wildman–Crippen MR) is 74.4 cm³/mol. The van der Waals surface area contributed by atoms with Crippen LogP contribution in [0.15, 0.2) is 22.7 Å². The van der Waals surface area contributed by atoms with Crippen LogP contribution in [0.5, 0.6) is 0 Å². The lowest BCUT2D eigenvalue weighted by molar-refractivity contribution is -0.151. The predicted octanol–water partition coefficient (Wildman–Crippen LogP) is 3.27. The minimum atomic E-state index is -0.752. The van der Waals surface area contributed by atoms with Crippen LogP contribution in [-0.2, 0) is 11.3 Å². The van der Waals surface area contributed by atoms with E-state index in [2.05, 4.69) is 20.8 Å². The van der Waals surface area contributed by atoms with Gasteiger partial charge in [0.25, 0.3) is 0 Å². The van der Waals surface area contributed by atoms with Gasteiger partial charge in [0.05, 0.1) is 5.41 Å². The number of nitrogens with zero attached hydrogens (tertiary/aromatic N) is 1. The molecule has 1 aromatic rings. The maximum atomic E-state index is 13.3. The van der Waals surface area contributed by atoms with E-state index in [9.17, 15) is 14.3 Å². The maximum absolute atomic E-state index is 13.3. The highest BCUT2D eigenvalue weighted by atomic mass is 79.9. The fraction of sp³-hybridized carbons (Fsp3) is 0.500. The molecular weight excluding hydrogens is 313 g/mol. The summed E-state index contributed by atoms with van der Waals surface area (Å²) in [5.41, 5.74) is 0.171. The number of hydrogen-bond acceptors (Lipinski definition) is 2. The van der Waals surface area contributed by atoms with E-state index in [1.807, 2.05) is 6.07 Å². The second-order valence-electron chi connectivity index (χ2n) is 5.46. The van der Waals surface area contributed by atoms with Crippen molar-refractivity contribution in [1.82, 2.24) is 4.90 Å². The van der Waals surface area contributed by atoms with Crippen LogP contribution in [0.25, 0.3) is 0 Å². The number of benzene rings is 1. The van der Waals surface area contributed by atoms with Crippen LogP contribution in [0.1, 0.15) is 25.3 Å². The molecule has 19 heavy (non-hydrogen) atoms. The summed E-state index contributed by atoms with van der Waals surface area (Å²) in [7, 11) is 0. The first-order chi connectivity index (χ1) is 8.89. The Balaban J connectivity index is 2.08. The van der Waals surface area contributed by atoms with Gasteiger partial charge in [0, 0.05) is 17.6 Å². The average Bonchev–Trinajstić information content (AvgIpc) is 2.27. The van der Waals surface area contributed by atoms with Crippen LogP contribution in [0, 0.1) is 11.2 Å². The molecule has 1 aliphatic rings. The van der Waals surface area contributed by atoms with Crippen LogP contribution in [0.3, 0.4) is 0 Å². The molecule has 1 atom stereocenters. The van der Waals surface area contributed by atoms with Crippen LogP contribution in [0.2, 0.25) is 0 Å². The molecule has 1 N–H and O–H groups in total. The van der Waals surface area contributed by atoms with E-state index in [0.717, 1.165) is 18.5 Å². The molecule has 3 nitrogen and oxygen atoms in total. The first kappa shape index (κ1) is 14.5. The van der Waals surface area contributed by atoms with Gasteiger partial charge in [0.15, 0.2) is 0 Å². The minimum Gasteiger partial charge on any atom is -0.481 e. The van der Waals surface area contributed by atoms with E-state index < -0.39 is 11.4 Å². The third-order valence-electron chi connectivity index (χ3n) is 3.62. The monoisotopic (exact) mass is 329 g/mol. The normalized spacial score (nSPS) is 24.4. The van der Waals surface area contributed by atoms with Crippen molar-refractivity contribution in [3.8, 4) is 0 Å². The molecular formula is C14H17BrFNO2. The lowest BCUT2D eigenvalue weighted by atomic mass is 9.82. The summed E-state index contributed by atoms with van der Waals surface area (Å²) in [5.74, 6) is -1.03. The lowest BCUT2D eigenvalue weighted by Gasteiger charge is -2.37. The summed E-state index contributed by atoms with van der Waals surface area (Å²) < 4.78 is 14.0. The van der Waals surface area contributed by atoms with Crippen molar-refractivity contribution in [2.45, 2.75) is 26.3 Å². The van der Waals surface area contributed by atoms with E-state index in [1.165, 1.54) is 12.1 Å². The molecule has 104 valence electrons. The number of hydrogen-bond donors (Lipinski definition) is 1. The van der Waals surface area contributed by atoms with Gasteiger partial charge in [-0.2, -0.15) is 0 Å². The SMILES string of the molecule is CC1(C(=O)O)CCCN(Cc2cc(F)cc(Br)c2)C1. The van der Waals surface area contributed by atoms with Gasteiger partial charge in [0.2, 0.25) is 0 Å². The van der Waals surface area contributed by atoms with E-state index in [4.69, 9.17) is 0 Å². The Morgan fingerprint density at radius 1 is 1.53 bits per heavy atom. The molecule has 0 bridgehead atoms. The number of aliphatic carboxylic acids is 1. The Morgan fingerprint density at radius 2 is 2.26 bits per heavy atom. The van der Waals surface area contributed by atoms with Gasteiger partial charge in [-0.3, -0.25) is 9.69 Å². The highest BCUT2D eigenvalue weighted by molar-refractivity contribution is 9.10. The highest BCUT2D eigenvalue weighted by Crippen LogP contribution is 2.30. The van der Waals surface area contributed by atoms with Crippen LogP contribution >= 0.6 is 15.9 Å². The third-order valence-corrected chi connectivity index (χ3v) is 4.08. The second-order valence-corrected chi connectivity index (χ2v) is 6.37. The molecule has 0 saturated carbocycles. The molecule has 1 saturated heterocycles. The topological polar surface area (TPSA) is 40.5 Å². The van der Waals surface area contributed by atoms with Crippen molar-refractivity contribution < 1.29 is 14.3 Å². The van der Waals surface area contributed by atoms with Gasteiger partial charge in [-0.25, -0.2) is 4.39 Å². The van der Waals surface area contributed by atoms with Crippen LogP contribution in [0.4, 0.5) is 4.39 Å². The van der Waals surface area contributed by atoms with E-state index in [-0.39, 0.29) is 5.82 Å². The quantitative estimate of drug-likeness (QED) is 0.925. The van der Waals surface area contributed by atoms with Gasteiger partial charge in [-0.15, -0.1) is 0 Å². The zero-order valence-corrected chi connectivity index (χ0v) is 12.4. The fourth-order valence-corrected chi connectivity index (χ4v) is 3.13. The molecule has 0 aliphatic carbocycles. The summed E-state index contributed by atoms with van der Waals surface area (Å²) in [6.45, 7) is 3.73. The number of rotatable bonds is 3. The standard InChI is InChI=1S/C14H17BrFNO2/c1-14(13(18)19)3-2-4-17(9-14)8-10-5-11(15)7-12(16)6-10/h5-7H,2-4,8-9H2,1H3,(H,18,19). The maximum Gasteiger partial charge on any atom is 0.310 e. The summed E-state index contributed by atoms with van der Waals surface area (Å²) >= 11 is 3.27. The summed E-state index contributed by atoms with van der Waals surface area (Å²) in [6.07, 6.45) is 1.56. The van der Waals surface area contributed by atoms with Gasteiger partial charge in [-0.1, -0.05) is 15.9 Å².